The summed E-state index contributed by atoms with van der Waals surface area (Å²) in [5.41, 5.74) is 5.96. The Morgan fingerprint density at radius 3 is 2.81 bits per heavy atom. The maximum absolute atomic E-state index is 12.2. The molecule has 1 amide bonds. The van der Waals surface area contributed by atoms with Gasteiger partial charge in [-0.15, -0.1) is 0 Å². The summed E-state index contributed by atoms with van der Waals surface area (Å²) in [6.45, 7) is 5.21. The Labute approximate surface area is 99.4 Å². The van der Waals surface area contributed by atoms with Crippen molar-refractivity contribution >= 4 is 5.91 Å². The van der Waals surface area contributed by atoms with Gasteiger partial charge in [-0.1, -0.05) is 26.7 Å². The second-order valence-electron chi connectivity index (χ2n) is 4.84. The lowest BCUT2D eigenvalue weighted by Crippen LogP contribution is -2.50. The molecule has 1 saturated heterocycles. The van der Waals surface area contributed by atoms with E-state index in [9.17, 15) is 4.79 Å². The summed E-state index contributed by atoms with van der Waals surface area (Å²) in [4.78, 5) is 14.2. The SMILES string of the molecule is CCCCC(N)C(=O)N1CCCCC1CC. The van der Waals surface area contributed by atoms with Crippen LogP contribution in [0.5, 0.6) is 0 Å². The molecule has 2 N–H and O–H groups in total. The number of nitrogens with two attached hydrogens (primary N) is 1. The van der Waals surface area contributed by atoms with E-state index in [4.69, 9.17) is 5.73 Å². The normalized spacial score (nSPS) is 23.2. The van der Waals surface area contributed by atoms with E-state index >= 15 is 0 Å². The van der Waals surface area contributed by atoms with E-state index in [1.807, 2.05) is 4.90 Å². The fourth-order valence-corrected chi connectivity index (χ4v) is 2.48. The van der Waals surface area contributed by atoms with Gasteiger partial charge in [-0.2, -0.15) is 0 Å². The van der Waals surface area contributed by atoms with Crippen molar-refractivity contribution in [1.29, 1.82) is 0 Å². The molecule has 0 aromatic carbocycles. The van der Waals surface area contributed by atoms with Gasteiger partial charge in [0, 0.05) is 12.6 Å². The van der Waals surface area contributed by atoms with E-state index in [1.165, 1.54) is 6.42 Å². The minimum absolute atomic E-state index is 0.181. The monoisotopic (exact) mass is 226 g/mol. The molecule has 0 radical (unpaired) electrons. The summed E-state index contributed by atoms with van der Waals surface area (Å²) in [6.07, 6.45) is 7.61. The molecule has 1 aliphatic heterocycles. The van der Waals surface area contributed by atoms with Gasteiger partial charge in [-0.3, -0.25) is 4.79 Å². The molecular weight excluding hydrogens is 200 g/mol. The highest BCUT2D eigenvalue weighted by Gasteiger charge is 2.28. The van der Waals surface area contributed by atoms with E-state index in [0.717, 1.165) is 45.1 Å². The first-order chi connectivity index (χ1) is 7.70. The summed E-state index contributed by atoms with van der Waals surface area (Å²) in [5, 5.41) is 0. The van der Waals surface area contributed by atoms with E-state index in [0.29, 0.717) is 6.04 Å². The Morgan fingerprint density at radius 1 is 1.44 bits per heavy atom. The number of unbranched alkanes of at least 4 members (excludes halogenated alkanes) is 1. The lowest BCUT2D eigenvalue weighted by Gasteiger charge is -2.36. The quantitative estimate of drug-likeness (QED) is 0.782. The third-order valence-electron chi connectivity index (χ3n) is 3.57. The zero-order valence-corrected chi connectivity index (χ0v) is 10.7. The van der Waals surface area contributed by atoms with Gasteiger partial charge in [0.05, 0.1) is 6.04 Å². The number of carbonyl (C=O) groups is 1. The predicted octanol–water partition coefficient (Wildman–Crippen LogP) is 2.29. The third kappa shape index (κ3) is 3.48. The standard InChI is InChI=1S/C13H26N2O/c1-3-5-9-12(14)13(16)15-10-7-6-8-11(15)4-2/h11-12H,3-10,14H2,1-2H3. The molecule has 2 atom stereocenters. The third-order valence-corrected chi connectivity index (χ3v) is 3.57. The number of rotatable bonds is 5. The van der Waals surface area contributed by atoms with Crippen molar-refractivity contribution in [3.63, 3.8) is 0 Å². The first-order valence-electron chi connectivity index (χ1n) is 6.76. The Morgan fingerprint density at radius 2 is 2.19 bits per heavy atom. The second kappa shape index (κ2) is 6.89. The van der Waals surface area contributed by atoms with E-state index < -0.39 is 0 Å². The summed E-state index contributed by atoms with van der Waals surface area (Å²) < 4.78 is 0. The van der Waals surface area contributed by atoms with Gasteiger partial charge in [0.2, 0.25) is 5.91 Å². The molecule has 1 heterocycles. The molecule has 1 rings (SSSR count). The summed E-state index contributed by atoms with van der Waals surface area (Å²) in [6, 6.07) is 0.168. The van der Waals surface area contributed by atoms with Crippen molar-refractivity contribution in [1.82, 2.24) is 4.90 Å². The Kier molecular flexibility index (Phi) is 5.81. The summed E-state index contributed by atoms with van der Waals surface area (Å²) >= 11 is 0. The molecular formula is C13H26N2O. The molecule has 3 nitrogen and oxygen atoms in total. The van der Waals surface area contributed by atoms with Crippen molar-refractivity contribution in [3.8, 4) is 0 Å². The Hall–Kier alpha value is -0.570. The van der Waals surface area contributed by atoms with E-state index in [1.54, 1.807) is 0 Å². The number of amides is 1. The van der Waals surface area contributed by atoms with Gasteiger partial charge in [0.15, 0.2) is 0 Å². The molecule has 0 aromatic heterocycles. The lowest BCUT2D eigenvalue weighted by atomic mass is 9.98. The van der Waals surface area contributed by atoms with E-state index in [-0.39, 0.29) is 11.9 Å². The number of piperidine rings is 1. The minimum Gasteiger partial charge on any atom is -0.338 e. The van der Waals surface area contributed by atoms with Crippen molar-refractivity contribution < 1.29 is 4.79 Å². The first kappa shape index (κ1) is 13.5. The highest BCUT2D eigenvalue weighted by atomic mass is 16.2. The topological polar surface area (TPSA) is 46.3 Å². The number of carbonyl (C=O) groups excluding carboxylic acids is 1. The van der Waals surface area contributed by atoms with Crippen LogP contribution in [-0.2, 0) is 4.79 Å². The van der Waals surface area contributed by atoms with Crippen molar-refractivity contribution in [2.75, 3.05) is 6.54 Å². The molecule has 1 fully saturated rings. The molecule has 1 aliphatic rings. The molecule has 0 aromatic rings. The Bertz CT molecular complexity index is 218. The first-order valence-corrected chi connectivity index (χ1v) is 6.76. The average Bonchev–Trinajstić information content (AvgIpc) is 2.34. The highest BCUT2D eigenvalue weighted by molar-refractivity contribution is 5.82. The van der Waals surface area contributed by atoms with Gasteiger partial charge in [0.1, 0.15) is 0 Å². The fraction of sp³-hybridized carbons (Fsp3) is 0.923. The largest absolute Gasteiger partial charge is 0.338 e. The van der Waals surface area contributed by atoms with E-state index in [2.05, 4.69) is 13.8 Å². The zero-order chi connectivity index (χ0) is 12.0. The molecule has 2 unspecified atom stereocenters. The van der Waals surface area contributed by atoms with Crippen LogP contribution in [0.1, 0.15) is 58.8 Å². The Balaban J connectivity index is 2.49. The van der Waals surface area contributed by atoms with Crippen LogP contribution in [0, 0.1) is 0 Å². The van der Waals surface area contributed by atoms with Crippen LogP contribution < -0.4 is 5.73 Å². The zero-order valence-electron chi connectivity index (χ0n) is 10.7. The molecule has 0 bridgehead atoms. The molecule has 0 aliphatic carbocycles. The number of hydrogen-bond acceptors (Lipinski definition) is 2. The molecule has 16 heavy (non-hydrogen) atoms. The number of likely N-dealkylation sites (tertiary alicyclic amines) is 1. The van der Waals surface area contributed by atoms with Gasteiger partial charge in [-0.25, -0.2) is 0 Å². The van der Waals surface area contributed by atoms with Crippen LogP contribution in [0.4, 0.5) is 0 Å². The summed E-state index contributed by atoms with van der Waals surface area (Å²) in [7, 11) is 0. The van der Waals surface area contributed by atoms with Gasteiger partial charge in [0.25, 0.3) is 0 Å². The van der Waals surface area contributed by atoms with Crippen molar-refractivity contribution in [3.05, 3.63) is 0 Å². The van der Waals surface area contributed by atoms with Gasteiger partial charge in [-0.05, 0) is 32.1 Å². The van der Waals surface area contributed by atoms with Crippen LogP contribution >= 0.6 is 0 Å². The maximum Gasteiger partial charge on any atom is 0.239 e. The predicted molar refractivity (Wildman–Crippen MR) is 67.1 cm³/mol. The van der Waals surface area contributed by atoms with Crippen LogP contribution in [0.2, 0.25) is 0 Å². The van der Waals surface area contributed by atoms with Crippen LogP contribution in [-0.4, -0.2) is 29.4 Å². The summed E-state index contributed by atoms with van der Waals surface area (Å²) in [5.74, 6) is 0.181. The van der Waals surface area contributed by atoms with Gasteiger partial charge < -0.3 is 10.6 Å². The fourth-order valence-electron chi connectivity index (χ4n) is 2.48. The maximum atomic E-state index is 12.2. The smallest absolute Gasteiger partial charge is 0.239 e. The van der Waals surface area contributed by atoms with Crippen molar-refractivity contribution in [2.24, 2.45) is 5.73 Å². The number of nitrogens with zero attached hydrogens (tertiary/aromatic N) is 1. The second-order valence-corrected chi connectivity index (χ2v) is 4.84. The number of hydrogen-bond donors (Lipinski definition) is 1. The van der Waals surface area contributed by atoms with Crippen LogP contribution in [0.3, 0.4) is 0 Å². The van der Waals surface area contributed by atoms with Gasteiger partial charge >= 0.3 is 0 Å². The van der Waals surface area contributed by atoms with Crippen molar-refractivity contribution in [2.45, 2.75) is 70.9 Å². The van der Waals surface area contributed by atoms with Crippen LogP contribution in [0.25, 0.3) is 0 Å². The lowest BCUT2D eigenvalue weighted by molar-refractivity contribution is -0.136. The molecule has 3 heteroatoms. The molecule has 0 saturated carbocycles. The molecule has 0 spiro atoms. The minimum atomic E-state index is -0.271. The highest BCUT2D eigenvalue weighted by Crippen LogP contribution is 2.20. The molecule has 94 valence electrons. The average molecular weight is 226 g/mol. The van der Waals surface area contributed by atoms with Crippen LogP contribution in [0.15, 0.2) is 0 Å².